The topological polar surface area (TPSA) is 52.5 Å². The molecule has 0 saturated carbocycles. The number of nitrogens with one attached hydrogen (secondary N) is 1. The summed E-state index contributed by atoms with van der Waals surface area (Å²) in [6.45, 7) is 0.861. The van der Waals surface area contributed by atoms with Crippen molar-refractivity contribution in [2.24, 2.45) is 0 Å². The number of phenols is 1. The van der Waals surface area contributed by atoms with Crippen LogP contribution in [0.2, 0.25) is 0 Å². The van der Waals surface area contributed by atoms with Gasteiger partial charge in [-0.1, -0.05) is 18.2 Å². The van der Waals surface area contributed by atoms with Crippen molar-refractivity contribution in [2.45, 2.75) is 25.0 Å². The highest BCUT2D eigenvalue weighted by Crippen LogP contribution is 2.20. The van der Waals surface area contributed by atoms with E-state index in [1.807, 2.05) is 12.1 Å². The Kier molecular flexibility index (Phi) is 2.70. The summed E-state index contributed by atoms with van der Waals surface area (Å²) in [5.41, 5.74) is 0.894. The predicted octanol–water partition coefficient (Wildman–Crippen LogP) is 0.658. The molecule has 3 nitrogen and oxygen atoms in total. The number of hydrogen-bond donors (Lipinski definition) is 3. The van der Waals surface area contributed by atoms with Crippen LogP contribution in [-0.2, 0) is 6.42 Å². The second-order valence-corrected chi connectivity index (χ2v) is 3.75. The Morgan fingerprint density at radius 1 is 1.36 bits per heavy atom. The van der Waals surface area contributed by atoms with Gasteiger partial charge in [0.15, 0.2) is 0 Å². The first kappa shape index (κ1) is 9.49. The fourth-order valence-corrected chi connectivity index (χ4v) is 1.88. The van der Waals surface area contributed by atoms with E-state index >= 15 is 0 Å². The van der Waals surface area contributed by atoms with Crippen LogP contribution < -0.4 is 5.32 Å². The molecule has 3 heteroatoms. The van der Waals surface area contributed by atoms with Crippen molar-refractivity contribution in [3.63, 3.8) is 0 Å². The lowest BCUT2D eigenvalue weighted by Gasteiger charge is -2.15. The summed E-state index contributed by atoms with van der Waals surface area (Å²) in [5, 5.41) is 22.4. The largest absolute Gasteiger partial charge is 0.508 e. The lowest BCUT2D eigenvalue weighted by atomic mass is 10.0. The van der Waals surface area contributed by atoms with Gasteiger partial charge in [0.1, 0.15) is 5.75 Å². The number of aliphatic hydroxyl groups excluding tert-OH is 1. The van der Waals surface area contributed by atoms with Gasteiger partial charge < -0.3 is 15.5 Å². The summed E-state index contributed by atoms with van der Waals surface area (Å²) in [5.74, 6) is 0.313. The van der Waals surface area contributed by atoms with Crippen LogP contribution in [0.15, 0.2) is 24.3 Å². The number of para-hydroxylation sites is 1. The van der Waals surface area contributed by atoms with Crippen LogP contribution >= 0.6 is 0 Å². The van der Waals surface area contributed by atoms with Crippen molar-refractivity contribution >= 4 is 0 Å². The van der Waals surface area contributed by atoms with Gasteiger partial charge >= 0.3 is 0 Å². The minimum atomic E-state index is -0.283. The van der Waals surface area contributed by atoms with Gasteiger partial charge in [0.25, 0.3) is 0 Å². The summed E-state index contributed by atoms with van der Waals surface area (Å²) in [6, 6.07) is 7.36. The molecule has 2 unspecified atom stereocenters. The van der Waals surface area contributed by atoms with Crippen molar-refractivity contribution in [3.05, 3.63) is 29.8 Å². The fourth-order valence-electron chi connectivity index (χ4n) is 1.88. The number of aromatic hydroxyl groups is 1. The highest BCUT2D eigenvalue weighted by atomic mass is 16.3. The quantitative estimate of drug-likeness (QED) is 0.646. The number of benzene rings is 1. The molecule has 1 saturated heterocycles. The zero-order valence-electron chi connectivity index (χ0n) is 7.98. The van der Waals surface area contributed by atoms with Crippen LogP contribution in [-0.4, -0.2) is 28.9 Å². The summed E-state index contributed by atoms with van der Waals surface area (Å²) in [7, 11) is 0. The van der Waals surface area contributed by atoms with E-state index in [0.29, 0.717) is 12.2 Å². The number of phenolic OH excluding ortho intramolecular Hbond substituents is 1. The van der Waals surface area contributed by atoms with Gasteiger partial charge in [-0.25, -0.2) is 0 Å². The standard InChI is InChI=1S/C11H15NO2/c13-10-4-2-1-3-8(10)7-9-11(14)5-6-12-9/h1-4,9,11-14H,5-7H2. The average molecular weight is 193 g/mol. The molecule has 0 bridgehead atoms. The Morgan fingerprint density at radius 3 is 2.79 bits per heavy atom. The fraction of sp³-hybridized carbons (Fsp3) is 0.455. The molecule has 1 heterocycles. The smallest absolute Gasteiger partial charge is 0.118 e. The first-order valence-corrected chi connectivity index (χ1v) is 4.95. The molecule has 1 aliphatic rings. The maximum Gasteiger partial charge on any atom is 0.118 e. The monoisotopic (exact) mass is 193 g/mol. The second-order valence-electron chi connectivity index (χ2n) is 3.75. The molecular formula is C11H15NO2. The average Bonchev–Trinajstić information content (AvgIpc) is 2.56. The Labute approximate surface area is 83.4 Å². The Hall–Kier alpha value is -1.06. The molecule has 0 amide bonds. The van der Waals surface area contributed by atoms with Crippen molar-refractivity contribution < 1.29 is 10.2 Å². The van der Waals surface area contributed by atoms with Crippen LogP contribution in [0.1, 0.15) is 12.0 Å². The third-order valence-corrected chi connectivity index (χ3v) is 2.74. The van der Waals surface area contributed by atoms with Gasteiger partial charge in [-0.05, 0) is 31.0 Å². The molecular weight excluding hydrogens is 178 g/mol. The molecule has 1 aromatic rings. The number of aliphatic hydroxyl groups is 1. The van der Waals surface area contributed by atoms with E-state index in [-0.39, 0.29) is 12.1 Å². The highest BCUT2D eigenvalue weighted by Gasteiger charge is 2.25. The molecule has 76 valence electrons. The maximum absolute atomic E-state index is 9.60. The van der Waals surface area contributed by atoms with E-state index in [1.54, 1.807) is 12.1 Å². The molecule has 0 aliphatic carbocycles. The summed E-state index contributed by atoms with van der Waals surface area (Å²) in [6.07, 6.45) is 1.21. The summed E-state index contributed by atoms with van der Waals surface area (Å²) in [4.78, 5) is 0. The molecule has 0 aromatic heterocycles. The predicted molar refractivity (Wildman–Crippen MR) is 54.2 cm³/mol. The molecule has 2 rings (SSSR count). The maximum atomic E-state index is 9.60. The first-order valence-electron chi connectivity index (χ1n) is 4.95. The number of rotatable bonds is 2. The van der Waals surface area contributed by atoms with Gasteiger partial charge in [-0.3, -0.25) is 0 Å². The van der Waals surface area contributed by atoms with E-state index in [2.05, 4.69) is 5.32 Å². The molecule has 2 atom stereocenters. The van der Waals surface area contributed by atoms with Gasteiger partial charge in [-0.15, -0.1) is 0 Å². The lowest BCUT2D eigenvalue weighted by molar-refractivity contribution is 0.159. The zero-order valence-corrected chi connectivity index (χ0v) is 7.98. The van der Waals surface area contributed by atoms with Crippen molar-refractivity contribution in [1.29, 1.82) is 0 Å². The van der Waals surface area contributed by atoms with Crippen molar-refractivity contribution in [1.82, 2.24) is 5.32 Å². The van der Waals surface area contributed by atoms with Crippen molar-refractivity contribution in [3.8, 4) is 5.75 Å². The number of hydrogen-bond acceptors (Lipinski definition) is 3. The second kappa shape index (κ2) is 3.98. The third kappa shape index (κ3) is 1.89. The van der Waals surface area contributed by atoms with E-state index in [9.17, 15) is 10.2 Å². The molecule has 14 heavy (non-hydrogen) atoms. The molecule has 1 aliphatic heterocycles. The summed E-state index contributed by atoms with van der Waals surface area (Å²) >= 11 is 0. The van der Waals surface area contributed by atoms with Gasteiger partial charge in [-0.2, -0.15) is 0 Å². The van der Waals surface area contributed by atoms with E-state index < -0.39 is 0 Å². The van der Waals surface area contributed by atoms with E-state index in [0.717, 1.165) is 18.5 Å². The zero-order chi connectivity index (χ0) is 9.97. The Balaban J connectivity index is 2.07. The molecule has 0 spiro atoms. The van der Waals surface area contributed by atoms with E-state index in [1.165, 1.54) is 0 Å². The lowest BCUT2D eigenvalue weighted by Crippen LogP contribution is -2.32. The van der Waals surface area contributed by atoms with Gasteiger partial charge in [0.05, 0.1) is 6.10 Å². The Bertz CT molecular complexity index is 314. The van der Waals surface area contributed by atoms with Crippen LogP contribution in [0.5, 0.6) is 5.75 Å². The van der Waals surface area contributed by atoms with Crippen LogP contribution in [0, 0.1) is 0 Å². The third-order valence-electron chi connectivity index (χ3n) is 2.74. The molecule has 3 N–H and O–H groups in total. The molecule has 1 fully saturated rings. The van der Waals surface area contributed by atoms with Crippen molar-refractivity contribution in [2.75, 3.05) is 6.54 Å². The molecule has 1 aromatic carbocycles. The first-order chi connectivity index (χ1) is 6.77. The van der Waals surface area contributed by atoms with Crippen LogP contribution in [0.3, 0.4) is 0 Å². The van der Waals surface area contributed by atoms with Gasteiger partial charge in [0.2, 0.25) is 0 Å². The minimum absolute atomic E-state index is 0.0864. The van der Waals surface area contributed by atoms with E-state index in [4.69, 9.17) is 0 Å². The Morgan fingerprint density at radius 2 is 2.14 bits per heavy atom. The van der Waals surface area contributed by atoms with Gasteiger partial charge in [0, 0.05) is 6.04 Å². The summed E-state index contributed by atoms with van der Waals surface area (Å²) < 4.78 is 0. The van der Waals surface area contributed by atoms with Crippen LogP contribution in [0.4, 0.5) is 0 Å². The highest BCUT2D eigenvalue weighted by molar-refractivity contribution is 5.32. The normalized spacial score (nSPS) is 26.6. The minimum Gasteiger partial charge on any atom is -0.508 e. The molecule has 0 radical (unpaired) electrons. The van der Waals surface area contributed by atoms with Crippen LogP contribution in [0.25, 0.3) is 0 Å². The SMILES string of the molecule is Oc1ccccc1CC1NCCC1O.